The SMILES string of the molecule is C=C(C)C(=O)OC1C2CC3CC(C2)CC1C3.CC(C)(C)c1ccc(C=CC=Cc2ccc(O)cc2)cc1. The van der Waals surface area contributed by atoms with Crippen molar-refractivity contribution < 1.29 is 14.6 Å². The van der Waals surface area contributed by atoms with Crippen LogP contribution in [-0.4, -0.2) is 17.2 Å². The van der Waals surface area contributed by atoms with E-state index in [1.165, 1.54) is 43.2 Å². The molecule has 0 unspecified atom stereocenters. The van der Waals surface area contributed by atoms with Gasteiger partial charge in [0.1, 0.15) is 11.9 Å². The van der Waals surface area contributed by atoms with Crippen molar-refractivity contribution in [2.45, 2.75) is 71.3 Å². The van der Waals surface area contributed by atoms with E-state index in [-0.39, 0.29) is 17.5 Å². The Hall–Kier alpha value is -3.07. The molecule has 3 heteroatoms. The second-order valence-corrected chi connectivity index (χ2v) is 12.3. The zero-order chi connectivity index (χ0) is 26.6. The molecule has 1 N–H and O–H groups in total. The molecule has 0 heterocycles. The number of carbonyl (C=O) groups excluding carboxylic acids is 1. The van der Waals surface area contributed by atoms with Crippen molar-refractivity contribution in [2.24, 2.45) is 23.7 Å². The zero-order valence-corrected chi connectivity index (χ0v) is 22.8. The zero-order valence-electron chi connectivity index (χ0n) is 22.8. The lowest BCUT2D eigenvalue weighted by Crippen LogP contribution is -2.50. The first kappa shape index (κ1) is 27.0. The summed E-state index contributed by atoms with van der Waals surface area (Å²) in [6.07, 6.45) is 14.9. The molecule has 4 bridgehead atoms. The summed E-state index contributed by atoms with van der Waals surface area (Å²) in [5.41, 5.74) is 4.34. The summed E-state index contributed by atoms with van der Waals surface area (Å²) in [6, 6.07) is 15.8. The monoisotopic (exact) mass is 498 g/mol. The molecule has 0 amide bonds. The number of phenols is 1. The number of esters is 1. The molecule has 0 saturated heterocycles. The third-order valence-corrected chi connectivity index (χ3v) is 8.09. The van der Waals surface area contributed by atoms with Gasteiger partial charge in [-0.3, -0.25) is 0 Å². The van der Waals surface area contributed by atoms with Gasteiger partial charge in [0.25, 0.3) is 0 Å². The van der Waals surface area contributed by atoms with E-state index in [2.05, 4.69) is 57.7 Å². The first-order valence-electron chi connectivity index (χ1n) is 13.7. The third kappa shape index (κ3) is 7.25. The van der Waals surface area contributed by atoms with Crippen LogP contribution in [0.2, 0.25) is 0 Å². The summed E-state index contributed by atoms with van der Waals surface area (Å²) in [5.74, 6) is 3.28. The molecular formula is C34H42O3. The number of hydrogen-bond acceptors (Lipinski definition) is 3. The first-order chi connectivity index (χ1) is 17.6. The molecule has 0 aliphatic heterocycles. The van der Waals surface area contributed by atoms with E-state index in [4.69, 9.17) is 4.74 Å². The average molecular weight is 499 g/mol. The number of hydrogen-bond donors (Lipinski definition) is 1. The highest BCUT2D eigenvalue weighted by atomic mass is 16.5. The van der Waals surface area contributed by atoms with Crippen LogP contribution in [0.4, 0.5) is 0 Å². The van der Waals surface area contributed by atoms with Crippen LogP contribution in [0.3, 0.4) is 0 Å². The van der Waals surface area contributed by atoms with Gasteiger partial charge < -0.3 is 9.84 Å². The Morgan fingerprint density at radius 3 is 1.73 bits per heavy atom. The molecule has 3 nitrogen and oxygen atoms in total. The highest BCUT2D eigenvalue weighted by molar-refractivity contribution is 5.87. The largest absolute Gasteiger partial charge is 0.508 e. The predicted molar refractivity (Wildman–Crippen MR) is 153 cm³/mol. The Morgan fingerprint density at radius 1 is 0.838 bits per heavy atom. The standard InChI is InChI=1S/C20H22O.C14H20O2/c1-20(2,3)18-12-8-16(9-13-18)6-4-5-7-17-10-14-19(21)15-11-17;1-8(2)14(15)16-13-11-4-9-3-10(6-11)7-12(13)5-9/h4-15,21H,1-3H3;9-13H,1,3-7H2,2H3. The minimum absolute atomic E-state index is 0.183. The maximum atomic E-state index is 11.6. The lowest BCUT2D eigenvalue weighted by atomic mass is 9.55. The van der Waals surface area contributed by atoms with Crippen LogP contribution >= 0.6 is 0 Å². The first-order valence-corrected chi connectivity index (χ1v) is 13.7. The number of ether oxygens (including phenoxy) is 1. The van der Waals surface area contributed by atoms with E-state index in [0.29, 0.717) is 23.2 Å². The van der Waals surface area contributed by atoms with Crippen molar-refractivity contribution >= 4 is 18.1 Å². The molecular weight excluding hydrogens is 456 g/mol. The summed E-state index contributed by atoms with van der Waals surface area (Å²) >= 11 is 0. The van der Waals surface area contributed by atoms with E-state index in [0.717, 1.165) is 17.4 Å². The minimum Gasteiger partial charge on any atom is -0.508 e. The van der Waals surface area contributed by atoms with Crippen LogP contribution in [0.5, 0.6) is 5.75 Å². The topological polar surface area (TPSA) is 46.5 Å². The molecule has 37 heavy (non-hydrogen) atoms. The molecule has 0 radical (unpaired) electrons. The van der Waals surface area contributed by atoms with Gasteiger partial charge in [-0.25, -0.2) is 4.79 Å². The van der Waals surface area contributed by atoms with Crippen LogP contribution < -0.4 is 0 Å². The van der Waals surface area contributed by atoms with Crippen molar-refractivity contribution in [3.63, 3.8) is 0 Å². The summed E-state index contributed by atoms with van der Waals surface area (Å²) in [5, 5.41) is 9.22. The van der Waals surface area contributed by atoms with Crippen molar-refractivity contribution in [3.8, 4) is 5.75 Å². The summed E-state index contributed by atoms with van der Waals surface area (Å²) in [4.78, 5) is 11.6. The van der Waals surface area contributed by atoms with Gasteiger partial charge in [0.15, 0.2) is 0 Å². The fraction of sp³-hybridized carbons (Fsp3) is 0.441. The Morgan fingerprint density at radius 2 is 1.30 bits per heavy atom. The van der Waals surface area contributed by atoms with E-state index < -0.39 is 0 Å². The van der Waals surface area contributed by atoms with Gasteiger partial charge in [-0.1, -0.05) is 88.1 Å². The Balaban J connectivity index is 0.000000179. The van der Waals surface area contributed by atoms with Crippen LogP contribution in [0.1, 0.15) is 76.5 Å². The van der Waals surface area contributed by atoms with Crippen LogP contribution in [0.15, 0.2) is 72.8 Å². The van der Waals surface area contributed by atoms with Gasteiger partial charge in [0.05, 0.1) is 0 Å². The maximum absolute atomic E-state index is 11.6. The number of allylic oxidation sites excluding steroid dienone is 2. The second-order valence-electron chi connectivity index (χ2n) is 12.3. The predicted octanol–water partition coefficient (Wildman–Crippen LogP) is 8.35. The number of carbonyl (C=O) groups is 1. The molecule has 4 aliphatic rings. The molecule has 196 valence electrons. The molecule has 4 saturated carbocycles. The Bertz CT molecular complexity index is 1100. The van der Waals surface area contributed by atoms with E-state index in [1.807, 2.05) is 30.4 Å². The van der Waals surface area contributed by atoms with Gasteiger partial charge in [-0.05, 0) is 96.9 Å². The van der Waals surface area contributed by atoms with Crippen molar-refractivity contribution in [1.29, 1.82) is 0 Å². The third-order valence-electron chi connectivity index (χ3n) is 8.09. The molecule has 0 aromatic heterocycles. The highest BCUT2D eigenvalue weighted by Crippen LogP contribution is 2.54. The minimum atomic E-state index is -0.183. The number of phenolic OH excluding ortho intramolecular Hbond substituents is 1. The Kier molecular flexibility index (Phi) is 8.42. The number of benzene rings is 2. The Labute approximate surface area is 223 Å². The van der Waals surface area contributed by atoms with Crippen molar-refractivity contribution in [2.75, 3.05) is 0 Å². The van der Waals surface area contributed by atoms with E-state index >= 15 is 0 Å². The normalized spacial score (nSPS) is 26.2. The van der Waals surface area contributed by atoms with E-state index in [9.17, 15) is 9.90 Å². The maximum Gasteiger partial charge on any atom is 0.333 e. The molecule has 2 aromatic rings. The molecule has 6 rings (SSSR count). The van der Waals surface area contributed by atoms with Gasteiger partial charge >= 0.3 is 5.97 Å². The molecule has 0 atom stereocenters. The van der Waals surface area contributed by atoms with Crippen LogP contribution in [-0.2, 0) is 14.9 Å². The van der Waals surface area contributed by atoms with Crippen LogP contribution in [0, 0.1) is 23.7 Å². The van der Waals surface area contributed by atoms with Crippen molar-refractivity contribution in [1.82, 2.24) is 0 Å². The summed E-state index contributed by atoms with van der Waals surface area (Å²) < 4.78 is 5.65. The van der Waals surface area contributed by atoms with Gasteiger partial charge in [0, 0.05) is 5.57 Å². The van der Waals surface area contributed by atoms with Crippen LogP contribution in [0.25, 0.3) is 12.2 Å². The lowest BCUT2D eigenvalue weighted by Gasteiger charge is -2.53. The van der Waals surface area contributed by atoms with Gasteiger partial charge in [-0.15, -0.1) is 0 Å². The van der Waals surface area contributed by atoms with E-state index in [1.54, 1.807) is 19.1 Å². The molecule has 4 aliphatic carbocycles. The summed E-state index contributed by atoms with van der Waals surface area (Å²) in [6.45, 7) is 12.1. The number of aromatic hydroxyl groups is 1. The fourth-order valence-electron chi connectivity index (χ4n) is 6.30. The summed E-state index contributed by atoms with van der Waals surface area (Å²) in [7, 11) is 0. The fourth-order valence-corrected chi connectivity index (χ4v) is 6.30. The molecule has 4 fully saturated rings. The molecule has 2 aromatic carbocycles. The highest BCUT2D eigenvalue weighted by Gasteiger charge is 2.49. The second kappa shape index (κ2) is 11.5. The lowest BCUT2D eigenvalue weighted by molar-refractivity contribution is -0.166. The quantitative estimate of drug-likeness (QED) is 0.256. The van der Waals surface area contributed by atoms with Crippen molar-refractivity contribution in [3.05, 3.63) is 89.5 Å². The smallest absolute Gasteiger partial charge is 0.333 e. The molecule has 0 spiro atoms. The van der Waals surface area contributed by atoms with Gasteiger partial charge in [-0.2, -0.15) is 0 Å². The van der Waals surface area contributed by atoms with Gasteiger partial charge in [0.2, 0.25) is 0 Å². The average Bonchev–Trinajstić information content (AvgIpc) is 2.85. The number of rotatable bonds is 5.